The summed E-state index contributed by atoms with van der Waals surface area (Å²) in [5.41, 5.74) is 10.9. The first-order chi connectivity index (χ1) is 14.7. The molecule has 12 nitrogen and oxygen atoms in total. The lowest BCUT2D eigenvalue weighted by Crippen LogP contribution is -2.51. The number of nitrogens with zero attached hydrogens (tertiary/aromatic N) is 3. The van der Waals surface area contributed by atoms with E-state index in [2.05, 4.69) is 15.6 Å². The third-order valence-electron chi connectivity index (χ3n) is 4.88. The average molecular weight is 433 g/mol. The van der Waals surface area contributed by atoms with Gasteiger partial charge in [-0.2, -0.15) is 0 Å². The van der Waals surface area contributed by atoms with Crippen molar-refractivity contribution in [2.24, 2.45) is 16.5 Å². The van der Waals surface area contributed by atoms with Crippen molar-refractivity contribution in [3.8, 4) is 0 Å². The summed E-state index contributed by atoms with van der Waals surface area (Å²) < 4.78 is 0. The van der Waals surface area contributed by atoms with Gasteiger partial charge in [0.2, 0.25) is 17.7 Å². The van der Waals surface area contributed by atoms with Gasteiger partial charge in [-0.05, 0) is 37.8 Å². The van der Waals surface area contributed by atoms with E-state index in [9.17, 15) is 24.5 Å². The minimum atomic E-state index is -0.897. The molecular weight excluding hydrogens is 406 g/mol. The van der Waals surface area contributed by atoms with Crippen LogP contribution in [0.15, 0.2) is 29.3 Å². The fraction of sp³-hybridized carbons (Fsp3) is 0.474. The topological polar surface area (TPSA) is 186 Å². The van der Waals surface area contributed by atoms with Crippen LogP contribution in [-0.4, -0.2) is 58.7 Å². The molecule has 168 valence electrons. The third-order valence-corrected chi connectivity index (χ3v) is 4.88. The number of guanidine groups is 1. The number of carbonyl (C=O) groups is 3. The standard InChI is InChI=1S/C19H27N7O5/c1-12(27)25-11-3-5-16(25)18(29)24-15(4-2-10-22-19(20)21)17(28)23-13-6-8-14(9-7-13)26(30)31/h6-9,15-16H,2-5,10-11H2,1H3,(H,23,28)(H,24,29)(H4,20,21,22)/t15-,16-/m0/s1. The van der Waals surface area contributed by atoms with Gasteiger partial charge in [-0.15, -0.1) is 0 Å². The molecule has 2 rings (SSSR count). The molecule has 0 bridgehead atoms. The summed E-state index contributed by atoms with van der Waals surface area (Å²) >= 11 is 0. The zero-order valence-corrected chi connectivity index (χ0v) is 17.2. The predicted molar refractivity (Wildman–Crippen MR) is 114 cm³/mol. The first kappa shape index (κ1) is 23.6. The SMILES string of the molecule is CC(=O)N1CCC[C@H]1C(=O)N[C@@H](CCCN=C(N)N)C(=O)Nc1ccc([N+](=O)[O-])cc1. The number of carbonyl (C=O) groups excluding carboxylic acids is 3. The van der Waals surface area contributed by atoms with Crippen LogP contribution in [-0.2, 0) is 14.4 Å². The zero-order valence-electron chi connectivity index (χ0n) is 17.2. The van der Waals surface area contributed by atoms with E-state index in [-0.39, 0.29) is 30.5 Å². The van der Waals surface area contributed by atoms with Crippen molar-refractivity contribution < 1.29 is 19.3 Å². The van der Waals surface area contributed by atoms with Crippen LogP contribution in [0.5, 0.6) is 0 Å². The summed E-state index contributed by atoms with van der Waals surface area (Å²) in [6.45, 7) is 2.18. The molecule has 1 aliphatic rings. The summed E-state index contributed by atoms with van der Waals surface area (Å²) in [5.74, 6) is -1.16. The number of nitrogens with one attached hydrogen (secondary N) is 2. The molecule has 12 heteroatoms. The molecule has 0 radical (unpaired) electrons. The van der Waals surface area contributed by atoms with Crippen molar-refractivity contribution in [2.75, 3.05) is 18.4 Å². The largest absolute Gasteiger partial charge is 0.370 e. The quantitative estimate of drug-likeness (QED) is 0.139. The molecule has 0 unspecified atom stereocenters. The van der Waals surface area contributed by atoms with Crippen molar-refractivity contribution >= 4 is 35.1 Å². The summed E-state index contributed by atoms with van der Waals surface area (Å²) in [7, 11) is 0. The first-order valence-corrected chi connectivity index (χ1v) is 9.87. The van der Waals surface area contributed by atoms with E-state index in [1.165, 1.54) is 36.1 Å². The van der Waals surface area contributed by atoms with Gasteiger partial charge in [0.15, 0.2) is 5.96 Å². The Kier molecular flexibility index (Phi) is 8.29. The van der Waals surface area contributed by atoms with Gasteiger partial charge in [-0.25, -0.2) is 0 Å². The van der Waals surface area contributed by atoms with E-state index < -0.39 is 28.8 Å². The van der Waals surface area contributed by atoms with Crippen LogP contribution in [0.1, 0.15) is 32.6 Å². The lowest BCUT2D eigenvalue weighted by atomic mass is 10.1. The number of nitrogens with two attached hydrogens (primary N) is 2. The van der Waals surface area contributed by atoms with Crippen LogP contribution in [0.25, 0.3) is 0 Å². The average Bonchev–Trinajstić information content (AvgIpc) is 3.20. The van der Waals surface area contributed by atoms with Crippen molar-refractivity contribution in [2.45, 2.75) is 44.7 Å². The third kappa shape index (κ3) is 6.94. The van der Waals surface area contributed by atoms with Gasteiger partial charge in [-0.1, -0.05) is 0 Å². The van der Waals surface area contributed by atoms with E-state index in [0.717, 1.165) is 0 Å². The number of anilines is 1. The Morgan fingerprint density at radius 2 is 1.97 bits per heavy atom. The summed E-state index contributed by atoms with van der Waals surface area (Å²) in [6, 6.07) is 3.83. The second-order valence-electron chi connectivity index (χ2n) is 7.17. The summed E-state index contributed by atoms with van der Waals surface area (Å²) in [5, 5.41) is 16.1. The minimum absolute atomic E-state index is 0.0704. The Morgan fingerprint density at radius 3 is 2.55 bits per heavy atom. The molecule has 1 aromatic rings. The Morgan fingerprint density at radius 1 is 1.29 bits per heavy atom. The highest BCUT2D eigenvalue weighted by molar-refractivity contribution is 5.98. The molecule has 0 aromatic heterocycles. The van der Waals surface area contributed by atoms with Crippen LogP contribution in [0.3, 0.4) is 0 Å². The Hall–Kier alpha value is -3.70. The number of aliphatic imine (C=N–C) groups is 1. The molecule has 1 aliphatic heterocycles. The van der Waals surface area contributed by atoms with Gasteiger partial charge in [0.05, 0.1) is 4.92 Å². The van der Waals surface area contributed by atoms with Crippen molar-refractivity contribution in [3.05, 3.63) is 34.4 Å². The number of amides is 3. The van der Waals surface area contributed by atoms with Crippen LogP contribution in [0.2, 0.25) is 0 Å². The van der Waals surface area contributed by atoms with Gasteiger partial charge < -0.3 is 27.0 Å². The summed E-state index contributed by atoms with van der Waals surface area (Å²) in [6.07, 6.45) is 1.92. The van der Waals surface area contributed by atoms with E-state index in [1.807, 2.05) is 0 Å². The van der Waals surface area contributed by atoms with Crippen LogP contribution < -0.4 is 22.1 Å². The molecule has 6 N–H and O–H groups in total. The number of non-ortho nitro benzene ring substituents is 1. The number of rotatable bonds is 9. The van der Waals surface area contributed by atoms with Crippen molar-refractivity contribution in [3.63, 3.8) is 0 Å². The Labute approximate surface area is 179 Å². The monoisotopic (exact) mass is 433 g/mol. The number of benzene rings is 1. The fourth-order valence-electron chi connectivity index (χ4n) is 3.35. The molecule has 3 amide bonds. The second kappa shape index (κ2) is 10.9. The molecule has 0 saturated carbocycles. The second-order valence-corrected chi connectivity index (χ2v) is 7.17. The molecule has 2 atom stereocenters. The van der Waals surface area contributed by atoms with Crippen molar-refractivity contribution in [1.82, 2.24) is 10.2 Å². The lowest BCUT2D eigenvalue weighted by Gasteiger charge is -2.25. The predicted octanol–water partition coefficient (Wildman–Crippen LogP) is 0.0826. The van der Waals surface area contributed by atoms with E-state index in [0.29, 0.717) is 31.5 Å². The van der Waals surface area contributed by atoms with Gasteiger partial charge in [-0.3, -0.25) is 29.5 Å². The van der Waals surface area contributed by atoms with Gasteiger partial charge in [0.25, 0.3) is 5.69 Å². The smallest absolute Gasteiger partial charge is 0.269 e. The van der Waals surface area contributed by atoms with Crippen LogP contribution in [0.4, 0.5) is 11.4 Å². The van der Waals surface area contributed by atoms with Crippen molar-refractivity contribution in [1.29, 1.82) is 0 Å². The maximum absolute atomic E-state index is 12.8. The lowest BCUT2D eigenvalue weighted by molar-refractivity contribution is -0.384. The molecule has 31 heavy (non-hydrogen) atoms. The van der Waals surface area contributed by atoms with Crippen LogP contribution >= 0.6 is 0 Å². The zero-order chi connectivity index (χ0) is 23.0. The van der Waals surface area contributed by atoms with Gasteiger partial charge in [0, 0.05) is 37.8 Å². The van der Waals surface area contributed by atoms with E-state index in [1.54, 1.807) is 0 Å². The fourth-order valence-corrected chi connectivity index (χ4v) is 3.35. The maximum atomic E-state index is 12.8. The molecule has 1 saturated heterocycles. The molecule has 0 spiro atoms. The summed E-state index contributed by atoms with van der Waals surface area (Å²) in [4.78, 5) is 52.9. The molecular formula is C19H27N7O5. The number of nitro benzene ring substituents is 1. The Balaban J connectivity index is 2.08. The van der Waals surface area contributed by atoms with Gasteiger partial charge in [0.1, 0.15) is 12.1 Å². The Bertz CT molecular complexity index is 852. The molecule has 0 aliphatic carbocycles. The first-order valence-electron chi connectivity index (χ1n) is 9.87. The van der Waals surface area contributed by atoms with Crippen LogP contribution in [0, 0.1) is 10.1 Å². The highest BCUT2D eigenvalue weighted by atomic mass is 16.6. The number of nitro groups is 1. The highest BCUT2D eigenvalue weighted by Crippen LogP contribution is 2.19. The number of hydrogen-bond donors (Lipinski definition) is 4. The molecule has 1 heterocycles. The van der Waals surface area contributed by atoms with E-state index in [4.69, 9.17) is 11.5 Å². The number of hydrogen-bond acceptors (Lipinski definition) is 6. The minimum Gasteiger partial charge on any atom is -0.370 e. The maximum Gasteiger partial charge on any atom is 0.269 e. The highest BCUT2D eigenvalue weighted by Gasteiger charge is 2.34. The molecule has 1 aromatic carbocycles. The number of likely N-dealkylation sites (tertiary alicyclic amines) is 1. The van der Waals surface area contributed by atoms with E-state index >= 15 is 0 Å². The van der Waals surface area contributed by atoms with Gasteiger partial charge >= 0.3 is 0 Å². The normalized spacial score (nSPS) is 16.3. The molecule has 1 fully saturated rings.